The number of aryl methyl sites for hydroxylation is 1. The van der Waals surface area contributed by atoms with Gasteiger partial charge in [-0.15, -0.1) is 11.8 Å². The maximum Gasteiger partial charge on any atom is 0.270 e. The normalized spacial score (nSPS) is 10.6. The Morgan fingerprint density at radius 2 is 2.07 bits per heavy atom. The quantitative estimate of drug-likeness (QED) is 0.437. The summed E-state index contributed by atoms with van der Waals surface area (Å²) in [6, 6.07) is 4.97. The first-order valence-corrected chi connectivity index (χ1v) is 5.30. The van der Waals surface area contributed by atoms with E-state index >= 15 is 0 Å². The highest BCUT2D eigenvalue weighted by Crippen LogP contribution is 2.29. The molecule has 0 aliphatic carbocycles. The maximum absolute atomic E-state index is 10.5. The Balaban J connectivity index is 3.02. The van der Waals surface area contributed by atoms with Crippen molar-refractivity contribution < 1.29 is 4.92 Å². The van der Waals surface area contributed by atoms with Crippen molar-refractivity contribution in [1.29, 1.82) is 0 Å². The number of nitro benzene ring substituents is 1. The molecule has 0 unspecified atom stereocenters. The van der Waals surface area contributed by atoms with Crippen LogP contribution in [0.4, 0.5) is 5.69 Å². The van der Waals surface area contributed by atoms with Gasteiger partial charge in [0.05, 0.1) is 4.92 Å². The lowest BCUT2D eigenvalue weighted by atomic mass is 10.2. The number of benzene rings is 1. The van der Waals surface area contributed by atoms with Crippen LogP contribution in [0.3, 0.4) is 0 Å². The molecule has 0 aromatic heterocycles. The van der Waals surface area contributed by atoms with Gasteiger partial charge in [0, 0.05) is 22.3 Å². The van der Waals surface area contributed by atoms with Crippen molar-refractivity contribution >= 4 is 17.4 Å². The Hall–Kier alpha value is -1.03. The number of nitrogens with zero attached hydrogens (tertiary/aromatic N) is 1. The highest BCUT2D eigenvalue weighted by molar-refractivity contribution is 8.00. The van der Waals surface area contributed by atoms with Crippen molar-refractivity contribution in [2.75, 3.05) is 0 Å². The van der Waals surface area contributed by atoms with E-state index in [1.165, 1.54) is 0 Å². The van der Waals surface area contributed by atoms with Crippen LogP contribution in [-0.4, -0.2) is 10.2 Å². The molecule has 0 heterocycles. The average molecular weight is 211 g/mol. The number of rotatable bonds is 3. The van der Waals surface area contributed by atoms with Crippen molar-refractivity contribution in [3.05, 3.63) is 33.9 Å². The SMILES string of the molecule is Cc1ccc([N+](=O)[O-])cc1SC(C)C. The van der Waals surface area contributed by atoms with Gasteiger partial charge in [0.15, 0.2) is 0 Å². The summed E-state index contributed by atoms with van der Waals surface area (Å²) in [6.45, 7) is 6.11. The third kappa shape index (κ3) is 2.73. The molecule has 0 fully saturated rings. The van der Waals surface area contributed by atoms with Gasteiger partial charge in [0.25, 0.3) is 5.69 Å². The molecule has 0 saturated heterocycles. The fourth-order valence-corrected chi connectivity index (χ4v) is 2.03. The van der Waals surface area contributed by atoms with Gasteiger partial charge in [-0.05, 0) is 12.5 Å². The lowest BCUT2D eigenvalue weighted by Gasteiger charge is -2.07. The lowest BCUT2D eigenvalue weighted by Crippen LogP contribution is -1.92. The second kappa shape index (κ2) is 4.46. The van der Waals surface area contributed by atoms with E-state index in [0.29, 0.717) is 5.25 Å². The first-order valence-electron chi connectivity index (χ1n) is 4.42. The summed E-state index contributed by atoms with van der Waals surface area (Å²) in [7, 11) is 0. The van der Waals surface area contributed by atoms with Crippen molar-refractivity contribution in [2.24, 2.45) is 0 Å². The zero-order chi connectivity index (χ0) is 10.7. The minimum absolute atomic E-state index is 0.166. The summed E-state index contributed by atoms with van der Waals surface area (Å²) in [5, 5.41) is 11.0. The minimum Gasteiger partial charge on any atom is -0.258 e. The summed E-state index contributed by atoms with van der Waals surface area (Å²) < 4.78 is 0. The largest absolute Gasteiger partial charge is 0.270 e. The molecule has 1 aromatic rings. The molecule has 4 heteroatoms. The molecular weight excluding hydrogens is 198 g/mol. The molecule has 0 N–H and O–H groups in total. The van der Waals surface area contributed by atoms with Crippen molar-refractivity contribution in [3.63, 3.8) is 0 Å². The van der Waals surface area contributed by atoms with E-state index in [9.17, 15) is 10.1 Å². The van der Waals surface area contributed by atoms with E-state index < -0.39 is 0 Å². The molecule has 0 saturated carbocycles. The summed E-state index contributed by atoms with van der Waals surface area (Å²) in [5.41, 5.74) is 1.26. The van der Waals surface area contributed by atoms with Gasteiger partial charge in [0.2, 0.25) is 0 Å². The number of hydrogen-bond acceptors (Lipinski definition) is 3. The zero-order valence-corrected chi connectivity index (χ0v) is 9.30. The van der Waals surface area contributed by atoms with Crippen LogP contribution in [0.2, 0.25) is 0 Å². The minimum atomic E-state index is -0.357. The molecule has 1 rings (SSSR count). The van der Waals surface area contributed by atoms with Crippen molar-refractivity contribution in [3.8, 4) is 0 Å². The van der Waals surface area contributed by atoms with E-state index in [1.807, 2.05) is 6.92 Å². The van der Waals surface area contributed by atoms with Gasteiger partial charge in [0.1, 0.15) is 0 Å². The zero-order valence-electron chi connectivity index (χ0n) is 8.48. The second-order valence-electron chi connectivity index (χ2n) is 3.37. The molecule has 0 aliphatic rings. The smallest absolute Gasteiger partial charge is 0.258 e. The molecule has 0 atom stereocenters. The Morgan fingerprint density at radius 1 is 1.43 bits per heavy atom. The highest BCUT2D eigenvalue weighted by atomic mass is 32.2. The van der Waals surface area contributed by atoms with E-state index in [-0.39, 0.29) is 10.6 Å². The summed E-state index contributed by atoms with van der Waals surface area (Å²) in [5.74, 6) is 0. The second-order valence-corrected chi connectivity index (χ2v) is 4.99. The number of hydrogen-bond donors (Lipinski definition) is 0. The first-order chi connectivity index (χ1) is 6.50. The number of non-ortho nitro benzene ring substituents is 1. The van der Waals surface area contributed by atoms with E-state index in [2.05, 4.69) is 13.8 Å². The van der Waals surface area contributed by atoms with Gasteiger partial charge in [-0.3, -0.25) is 10.1 Å². The van der Waals surface area contributed by atoms with Crippen LogP contribution in [0.25, 0.3) is 0 Å². The van der Waals surface area contributed by atoms with Gasteiger partial charge in [-0.25, -0.2) is 0 Å². The molecule has 76 valence electrons. The molecule has 3 nitrogen and oxygen atoms in total. The van der Waals surface area contributed by atoms with E-state index in [4.69, 9.17) is 0 Å². The maximum atomic E-state index is 10.5. The fourth-order valence-electron chi connectivity index (χ4n) is 1.08. The molecule has 0 amide bonds. The van der Waals surface area contributed by atoms with Crippen LogP contribution in [0.5, 0.6) is 0 Å². The van der Waals surface area contributed by atoms with E-state index in [0.717, 1.165) is 10.5 Å². The van der Waals surface area contributed by atoms with Crippen LogP contribution in [-0.2, 0) is 0 Å². The highest BCUT2D eigenvalue weighted by Gasteiger charge is 2.09. The molecule has 0 spiro atoms. The third-order valence-electron chi connectivity index (χ3n) is 1.75. The standard InChI is InChI=1S/C10H13NO2S/c1-7(2)14-10-6-9(11(12)13)5-4-8(10)3/h4-7H,1-3H3. The Morgan fingerprint density at radius 3 is 2.57 bits per heavy atom. The Bertz CT molecular complexity index is 350. The molecule has 1 aromatic carbocycles. The summed E-state index contributed by atoms with van der Waals surface area (Å²) in [6.07, 6.45) is 0. The fraction of sp³-hybridized carbons (Fsp3) is 0.400. The van der Waals surface area contributed by atoms with Crippen molar-refractivity contribution in [2.45, 2.75) is 30.9 Å². The van der Waals surface area contributed by atoms with Gasteiger partial charge in [-0.1, -0.05) is 19.9 Å². The monoisotopic (exact) mass is 211 g/mol. The number of nitro groups is 1. The van der Waals surface area contributed by atoms with Gasteiger partial charge in [-0.2, -0.15) is 0 Å². The van der Waals surface area contributed by atoms with Crippen LogP contribution in [0, 0.1) is 17.0 Å². The van der Waals surface area contributed by atoms with Gasteiger partial charge < -0.3 is 0 Å². The Kier molecular flexibility index (Phi) is 3.52. The van der Waals surface area contributed by atoms with Crippen molar-refractivity contribution in [1.82, 2.24) is 0 Å². The summed E-state index contributed by atoms with van der Waals surface area (Å²) >= 11 is 1.65. The van der Waals surface area contributed by atoms with Gasteiger partial charge >= 0.3 is 0 Å². The Labute approximate surface area is 87.7 Å². The van der Waals surface area contributed by atoms with Crippen LogP contribution >= 0.6 is 11.8 Å². The molecular formula is C10H13NO2S. The third-order valence-corrected chi connectivity index (χ3v) is 2.91. The average Bonchev–Trinajstić information content (AvgIpc) is 2.07. The topological polar surface area (TPSA) is 43.1 Å². The predicted molar refractivity (Wildman–Crippen MR) is 58.8 cm³/mol. The molecule has 0 radical (unpaired) electrons. The lowest BCUT2D eigenvalue weighted by molar-refractivity contribution is -0.385. The van der Waals surface area contributed by atoms with Crippen LogP contribution < -0.4 is 0 Å². The van der Waals surface area contributed by atoms with E-state index in [1.54, 1.807) is 30.0 Å². The first kappa shape index (κ1) is 11.0. The molecule has 0 aliphatic heterocycles. The summed E-state index contributed by atoms with van der Waals surface area (Å²) in [4.78, 5) is 11.2. The number of thioether (sulfide) groups is 1. The van der Waals surface area contributed by atoms with Crippen LogP contribution in [0.15, 0.2) is 23.1 Å². The predicted octanol–water partition coefficient (Wildman–Crippen LogP) is 3.40. The molecule has 0 bridgehead atoms. The van der Waals surface area contributed by atoms with Crippen LogP contribution in [0.1, 0.15) is 19.4 Å². The molecule has 14 heavy (non-hydrogen) atoms.